The summed E-state index contributed by atoms with van der Waals surface area (Å²) in [5.41, 5.74) is 2.49. The van der Waals surface area contributed by atoms with E-state index in [-0.39, 0.29) is 11.6 Å². The van der Waals surface area contributed by atoms with E-state index in [0.717, 1.165) is 39.7 Å². The second kappa shape index (κ2) is 8.76. The molecule has 1 fully saturated rings. The van der Waals surface area contributed by atoms with Crippen LogP contribution >= 0.6 is 11.3 Å². The van der Waals surface area contributed by atoms with E-state index in [1.165, 1.54) is 12.7 Å². The molecule has 0 bridgehead atoms. The maximum absolute atomic E-state index is 12.4. The number of aromatic nitrogens is 3. The minimum atomic E-state index is -0.348. The molecule has 4 aromatic rings. The smallest absolute Gasteiger partial charge is 0.277 e. The normalized spacial score (nSPS) is 15.6. The highest BCUT2D eigenvalue weighted by atomic mass is 32.1. The molecule has 1 aromatic carbocycles. The van der Waals surface area contributed by atoms with Crippen LogP contribution in [0.1, 0.15) is 10.5 Å². The molecular formula is C23H20N6O4S. The number of rotatable bonds is 5. The van der Waals surface area contributed by atoms with Gasteiger partial charge in [0, 0.05) is 30.5 Å². The van der Waals surface area contributed by atoms with Crippen LogP contribution in [-0.2, 0) is 9.47 Å². The van der Waals surface area contributed by atoms with Gasteiger partial charge in [0.15, 0.2) is 30.5 Å². The molecule has 1 saturated heterocycles. The molecule has 0 aliphatic carbocycles. The Labute approximate surface area is 198 Å². The molecule has 172 valence electrons. The first-order chi connectivity index (χ1) is 16.7. The van der Waals surface area contributed by atoms with Crippen molar-refractivity contribution in [3.8, 4) is 11.4 Å². The van der Waals surface area contributed by atoms with Crippen LogP contribution in [0.25, 0.3) is 21.6 Å². The Bertz CT molecular complexity index is 1360. The molecule has 0 saturated carbocycles. The molecule has 0 unspecified atom stereocenters. The highest BCUT2D eigenvalue weighted by Gasteiger charge is 2.22. The van der Waals surface area contributed by atoms with E-state index in [4.69, 9.17) is 23.9 Å². The maximum atomic E-state index is 12.4. The fourth-order valence-corrected chi connectivity index (χ4v) is 4.92. The number of anilines is 3. The molecule has 1 N–H and O–H groups in total. The van der Waals surface area contributed by atoms with E-state index in [9.17, 15) is 4.79 Å². The Morgan fingerprint density at radius 1 is 1.15 bits per heavy atom. The van der Waals surface area contributed by atoms with E-state index in [1.807, 2.05) is 35.4 Å². The Morgan fingerprint density at radius 2 is 2.06 bits per heavy atom. The molecule has 11 heteroatoms. The summed E-state index contributed by atoms with van der Waals surface area (Å²) in [5, 5.41) is 3.88. The topological polar surface area (TPSA) is 106 Å². The van der Waals surface area contributed by atoms with Crippen LogP contribution in [0, 0.1) is 0 Å². The monoisotopic (exact) mass is 476 g/mol. The quantitative estimate of drug-likeness (QED) is 0.461. The van der Waals surface area contributed by atoms with Crippen LogP contribution < -0.4 is 15.1 Å². The zero-order valence-electron chi connectivity index (χ0n) is 18.0. The van der Waals surface area contributed by atoms with Gasteiger partial charge in [-0.05, 0) is 18.2 Å². The summed E-state index contributed by atoms with van der Waals surface area (Å²) in [7, 11) is 0. The third kappa shape index (κ3) is 3.95. The zero-order valence-corrected chi connectivity index (χ0v) is 18.8. The van der Waals surface area contributed by atoms with Crippen LogP contribution in [0.3, 0.4) is 0 Å². The third-order valence-corrected chi connectivity index (χ3v) is 6.69. The van der Waals surface area contributed by atoms with E-state index in [2.05, 4.69) is 21.3 Å². The lowest BCUT2D eigenvalue weighted by atomic mass is 10.1. The Kier molecular flexibility index (Phi) is 5.32. The van der Waals surface area contributed by atoms with Crippen molar-refractivity contribution < 1.29 is 18.7 Å². The fourth-order valence-electron chi connectivity index (χ4n) is 3.84. The van der Waals surface area contributed by atoms with Crippen molar-refractivity contribution in [1.29, 1.82) is 0 Å². The molecule has 2 aliphatic rings. The summed E-state index contributed by atoms with van der Waals surface area (Å²) >= 11 is 1.64. The van der Waals surface area contributed by atoms with Gasteiger partial charge in [-0.15, -0.1) is 11.3 Å². The molecule has 0 spiro atoms. The number of hydrogen-bond donors (Lipinski definition) is 1. The molecule has 6 rings (SSSR count). The summed E-state index contributed by atoms with van der Waals surface area (Å²) in [6.45, 7) is 3.32. The number of fused-ring (bicyclic) bond motifs is 1. The van der Waals surface area contributed by atoms with Crippen molar-refractivity contribution in [2.24, 2.45) is 0 Å². The molecule has 5 heterocycles. The number of oxazole rings is 1. The van der Waals surface area contributed by atoms with Gasteiger partial charge >= 0.3 is 0 Å². The van der Waals surface area contributed by atoms with Gasteiger partial charge in [-0.25, -0.2) is 15.0 Å². The molecule has 0 atom stereocenters. The maximum Gasteiger partial charge on any atom is 0.277 e. The van der Waals surface area contributed by atoms with Crippen LogP contribution in [0.2, 0.25) is 0 Å². The summed E-state index contributed by atoms with van der Waals surface area (Å²) < 4.78 is 16.8. The number of ether oxygens (including phenoxy) is 2. The first-order valence-corrected chi connectivity index (χ1v) is 11.6. The fraction of sp³-hybridized carbons (Fsp3) is 0.217. The first-order valence-electron chi connectivity index (χ1n) is 10.7. The molecule has 1 amide bonds. The molecule has 0 radical (unpaired) electrons. The van der Waals surface area contributed by atoms with E-state index in [0.29, 0.717) is 31.5 Å². The summed E-state index contributed by atoms with van der Waals surface area (Å²) in [4.78, 5) is 30.4. The minimum absolute atomic E-state index is 0.212. The average Bonchev–Trinajstić information content (AvgIpc) is 3.65. The summed E-state index contributed by atoms with van der Waals surface area (Å²) in [5.74, 6) is 1.13. The zero-order chi connectivity index (χ0) is 22.9. The van der Waals surface area contributed by atoms with Gasteiger partial charge < -0.3 is 29.0 Å². The number of carbonyl (C=O) groups excluding carboxylic acids is 1. The predicted octanol–water partition coefficient (Wildman–Crippen LogP) is 3.70. The number of carbonyl (C=O) groups is 1. The van der Waals surface area contributed by atoms with Gasteiger partial charge in [-0.3, -0.25) is 4.79 Å². The van der Waals surface area contributed by atoms with Gasteiger partial charge in [-0.2, -0.15) is 0 Å². The lowest BCUT2D eigenvalue weighted by Crippen LogP contribution is -2.36. The predicted molar refractivity (Wildman–Crippen MR) is 128 cm³/mol. The third-order valence-electron chi connectivity index (χ3n) is 5.53. The van der Waals surface area contributed by atoms with E-state index < -0.39 is 0 Å². The van der Waals surface area contributed by atoms with Gasteiger partial charge in [0.05, 0.1) is 23.4 Å². The second-order valence-electron chi connectivity index (χ2n) is 7.73. The Balaban J connectivity index is 1.39. The van der Waals surface area contributed by atoms with Gasteiger partial charge in [0.25, 0.3) is 5.91 Å². The second-order valence-corrected chi connectivity index (χ2v) is 8.76. The number of nitrogens with zero attached hydrogens (tertiary/aromatic N) is 5. The highest BCUT2D eigenvalue weighted by Crippen LogP contribution is 2.39. The Morgan fingerprint density at radius 3 is 2.85 bits per heavy atom. The first kappa shape index (κ1) is 20.6. The van der Waals surface area contributed by atoms with Crippen LogP contribution in [0.15, 0.2) is 59.9 Å². The van der Waals surface area contributed by atoms with Crippen molar-refractivity contribution in [3.05, 3.63) is 61.1 Å². The number of benzene rings is 1. The standard InChI is InChI=1S/C23H20N6O4S/c30-23(18-12-33-13-24-18)25-16-3-1-2-15(10-16)21-26-17-11-19(29-6-9-32-14-29)34-20(17)22(27-21)28-4-7-31-8-5-28/h1-3,6,9-13H,4-5,7-8,14H2,(H,25,30). The SMILES string of the molecule is O=C(Nc1cccc(-c2nc(N3CCOCC3)c3sc(N4C=COC4)cc3n2)c1)c1cocn1. The minimum Gasteiger partial charge on any atom is -0.479 e. The van der Waals surface area contributed by atoms with Gasteiger partial charge in [-0.1, -0.05) is 12.1 Å². The highest BCUT2D eigenvalue weighted by molar-refractivity contribution is 7.23. The van der Waals surface area contributed by atoms with Crippen molar-refractivity contribution in [1.82, 2.24) is 15.0 Å². The lowest BCUT2D eigenvalue weighted by Gasteiger charge is -2.28. The molecule has 10 nitrogen and oxygen atoms in total. The number of thiophene rings is 1. The molecule has 3 aromatic heterocycles. The summed E-state index contributed by atoms with van der Waals surface area (Å²) in [6.07, 6.45) is 6.12. The summed E-state index contributed by atoms with van der Waals surface area (Å²) in [6, 6.07) is 9.52. The van der Waals surface area contributed by atoms with Crippen LogP contribution in [-0.4, -0.2) is 53.9 Å². The van der Waals surface area contributed by atoms with Crippen molar-refractivity contribution in [2.75, 3.05) is 48.2 Å². The van der Waals surface area contributed by atoms with Crippen molar-refractivity contribution >= 4 is 44.0 Å². The molecule has 34 heavy (non-hydrogen) atoms. The Hall–Kier alpha value is -3.96. The van der Waals surface area contributed by atoms with Gasteiger partial charge in [0.1, 0.15) is 17.5 Å². The average molecular weight is 477 g/mol. The number of amides is 1. The van der Waals surface area contributed by atoms with E-state index in [1.54, 1.807) is 17.6 Å². The van der Waals surface area contributed by atoms with Crippen molar-refractivity contribution in [2.45, 2.75) is 0 Å². The number of morpholine rings is 1. The van der Waals surface area contributed by atoms with Gasteiger partial charge in [0.2, 0.25) is 0 Å². The van der Waals surface area contributed by atoms with Crippen molar-refractivity contribution in [3.63, 3.8) is 0 Å². The van der Waals surface area contributed by atoms with E-state index >= 15 is 0 Å². The van der Waals surface area contributed by atoms with Crippen LogP contribution in [0.4, 0.5) is 16.5 Å². The molecule has 2 aliphatic heterocycles. The lowest BCUT2D eigenvalue weighted by molar-refractivity contribution is 0.102. The molecular weight excluding hydrogens is 456 g/mol. The number of nitrogens with one attached hydrogen (secondary N) is 1. The van der Waals surface area contributed by atoms with Crippen LogP contribution in [0.5, 0.6) is 0 Å². The number of hydrogen-bond acceptors (Lipinski definition) is 10. The largest absolute Gasteiger partial charge is 0.479 e.